The highest BCUT2D eigenvalue weighted by molar-refractivity contribution is 6.02. The van der Waals surface area contributed by atoms with Crippen LogP contribution in [0.2, 0.25) is 0 Å². The number of esters is 1. The molecule has 0 saturated heterocycles. The minimum Gasteiger partial charge on any atom is -0.451 e. The van der Waals surface area contributed by atoms with Crippen molar-refractivity contribution in [3.05, 3.63) is 40.3 Å². The molecule has 1 fully saturated rings. The van der Waals surface area contributed by atoms with Gasteiger partial charge in [-0.15, -0.1) is 0 Å². The maximum absolute atomic E-state index is 12.4. The van der Waals surface area contributed by atoms with Gasteiger partial charge in [0.25, 0.3) is 11.5 Å². The van der Waals surface area contributed by atoms with Gasteiger partial charge in [-0.2, -0.15) is 5.10 Å². The molecule has 2 aromatic rings. The highest BCUT2D eigenvalue weighted by Crippen LogP contribution is 2.17. The number of carbonyl (C=O) groups is 2. The molecule has 7 nitrogen and oxygen atoms in total. The van der Waals surface area contributed by atoms with Gasteiger partial charge >= 0.3 is 5.97 Å². The Morgan fingerprint density at radius 3 is 2.50 bits per heavy atom. The van der Waals surface area contributed by atoms with Gasteiger partial charge < -0.3 is 10.1 Å². The van der Waals surface area contributed by atoms with Crippen molar-refractivity contribution in [3.8, 4) is 0 Å². The second-order valence-corrected chi connectivity index (χ2v) is 6.66. The van der Waals surface area contributed by atoms with Crippen molar-refractivity contribution in [1.82, 2.24) is 15.1 Å². The topological polar surface area (TPSA) is 90.3 Å². The van der Waals surface area contributed by atoms with E-state index in [4.69, 9.17) is 4.74 Å². The third-order valence-electron chi connectivity index (χ3n) is 4.70. The van der Waals surface area contributed by atoms with E-state index in [2.05, 4.69) is 10.4 Å². The van der Waals surface area contributed by atoms with Crippen molar-refractivity contribution < 1.29 is 14.3 Å². The van der Waals surface area contributed by atoms with Crippen molar-refractivity contribution in [2.24, 2.45) is 7.05 Å². The summed E-state index contributed by atoms with van der Waals surface area (Å²) in [4.78, 5) is 36.6. The lowest BCUT2D eigenvalue weighted by atomic mass is 10.1. The summed E-state index contributed by atoms with van der Waals surface area (Å²) in [5, 5.41) is 7.75. The Balaban J connectivity index is 1.67. The van der Waals surface area contributed by atoms with Crippen LogP contribution in [0.5, 0.6) is 0 Å². The second-order valence-electron chi connectivity index (χ2n) is 6.66. The number of aryl methyl sites for hydroxylation is 1. The Bertz CT molecular complexity index is 867. The molecule has 0 atom stereocenters. The van der Waals surface area contributed by atoms with Gasteiger partial charge in [0.15, 0.2) is 12.3 Å². The van der Waals surface area contributed by atoms with Gasteiger partial charge in [-0.3, -0.25) is 9.59 Å². The van der Waals surface area contributed by atoms with E-state index in [1.807, 2.05) is 0 Å². The summed E-state index contributed by atoms with van der Waals surface area (Å²) in [6.07, 6.45) is 6.55. The predicted octanol–water partition coefficient (Wildman–Crippen LogP) is 1.93. The molecule has 1 saturated carbocycles. The normalized spacial score (nSPS) is 15.4. The van der Waals surface area contributed by atoms with Crippen molar-refractivity contribution in [2.45, 2.75) is 44.6 Å². The number of aromatic nitrogens is 2. The smallest absolute Gasteiger partial charge is 0.359 e. The van der Waals surface area contributed by atoms with Gasteiger partial charge in [0.2, 0.25) is 0 Å². The van der Waals surface area contributed by atoms with Crippen LogP contribution in [-0.4, -0.2) is 34.3 Å². The number of benzene rings is 1. The van der Waals surface area contributed by atoms with Crippen molar-refractivity contribution in [3.63, 3.8) is 0 Å². The third kappa shape index (κ3) is 4.09. The summed E-state index contributed by atoms with van der Waals surface area (Å²) in [5.41, 5.74) is -0.256. The second kappa shape index (κ2) is 8.12. The highest BCUT2D eigenvalue weighted by Gasteiger charge is 2.19. The first-order valence-corrected chi connectivity index (χ1v) is 8.99. The maximum atomic E-state index is 12.4. The van der Waals surface area contributed by atoms with Gasteiger partial charge in [0.1, 0.15) is 0 Å². The average Bonchev–Trinajstić information content (AvgIpc) is 2.91. The van der Waals surface area contributed by atoms with E-state index in [-0.39, 0.29) is 29.8 Å². The first-order chi connectivity index (χ1) is 12.6. The fourth-order valence-electron chi connectivity index (χ4n) is 3.34. The first kappa shape index (κ1) is 18.1. The Morgan fingerprint density at radius 1 is 1.15 bits per heavy atom. The van der Waals surface area contributed by atoms with E-state index in [9.17, 15) is 14.4 Å². The zero-order chi connectivity index (χ0) is 18.5. The molecule has 1 aromatic heterocycles. The number of ether oxygens (including phenoxy) is 1. The first-order valence-electron chi connectivity index (χ1n) is 8.99. The number of amides is 1. The zero-order valence-electron chi connectivity index (χ0n) is 14.9. The van der Waals surface area contributed by atoms with Crippen LogP contribution in [0.15, 0.2) is 29.1 Å². The molecular weight excluding hydrogens is 334 g/mol. The minimum absolute atomic E-state index is 0.0324. The number of hydrogen-bond donors (Lipinski definition) is 1. The van der Waals surface area contributed by atoms with E-state index in [1.165, 1.54) is 19.9 Å². The Morgan fingerprint density at radius 2 is 1.81 bits per heavy atom. The molecule has 1 heterocycles. The molecular formula is C19H23N3O4. The standard InChI is InChI=1S/C19H23N3O4/c1-22-18(24)15-11-7-6-10-14(15)17(21-22)19(25)26-12-16(23)20-13-8-4-2-3-5-9-13/h6-7,10-11,13H,2-5,8-9,12H2,1H3,(H,20,23). The summed E-state index contributed by atoms with van der Waals surface area (Å²) in [5.74, 6) is -1.02. The molecule has 138 valence electrons. The number of nitrogens with one attached hydrogen (secondary N) is 1. The Labute approximate surface area is 151 Å². The van der Waals surface area contributed by atoms with E-state index < -0.39 is 5.97 Å². The summed E-state index contributed by atoms with van der Waals surface area (Å²) in [6.45, 7) is -0.353. The van der Waals surface area contributed by atoms with Gasteiger partial charge in [0, 0.05) is 18.5 Å². The summed E-state index contributed by atoms with van der Waals surface area (Å²) >= 11 is 0. The fourth-order valence-corrected chi connectivity index (χ4v) is 3.34. The minimum atomic E-state index is -0.715. The molecule has 0 bridgehead atoms. The summed E-state index contributed by atoms with van der Waals surface area (Å²) in [6, 6.07) is 6.87. The molecule has 7 heteroatoms. The van der Waals surface area contributed by atoms with Gasteiger partial charge in [-0.05, 0) is 18.9 Å². The van der Waals surface area contributed by atoms with E-state index in [1.54, 1.807) is 24.3 Å². The van der Waals surface area contributed by atoms with Crippen LogP contribution in [0.25, 0.3) is 10.8 Å². The molecule has 1 aromatic carbocycles. The SMILES string of the molecule is Cn1nc(C(=O)OCC(=O)NC2CCCCCC2)c2ccccc2c1=O. The summed E-state index contributed by atoms with van der Waals surface area (Å²) in [7, 11) is 1.48. The molecule has 26 heavy (non-hydrogen) atoms. The lowest BCUT2D eigenvalue weighted by Crippen LogP contribution is -2.37. The quantitative estimate of drug-likeness (QED) is 0.667. The monoisotopic (exact) mass is 357 g/mol. The number of carbonyl (C=O) groups excluding carboxylic acids is 2. The van der Waals surface area contributed by atoms with Crippen LogP contribution in [0.3, 0.4) is 0 Å². The van der Waals surface area contributed by atoms with E-state index >= 15 is 0 Å². The number of nitrogens with zero attached hydrogens (tertiary/aromatic N) is 2. The fraction of sp³-hybridized carbons (Fsp3) is 0.474. The van der Waals surface area contributed by atoms with Gasteiger partial charge in [-0.25, -0.2) is 9.48 Å². The third-order valence-corrected chi connectivity index (χ3v) is 4.70. The molecule has 0 spiro atoms. The van der Waals surface area contributed by atoms with Crippen LogP contribution in [-0.2, 0) is 16.6 Å². The van der Waals surface area contributed by atoms with Crippen LogP contribution in [0.4, 0.5) is 0 Å². The summed E-state index contributed by atoms with van der Waals surface area (Å²) < 4.78 is 6.24. The number of fused-ring (bicyclic) bond motifs is 1. The van der Waals surface area contributed by atoms with Crippen molar-refractivity contribution in [1.29, 1.82) is 0 Å². The van der Waals surface area contributed by atoms with Crippen molar-refractivity contribution >= 4 is 22.6 Å². The molecule has 1 aliphatic rings. The predicted molar refractivity (Wildman–Crippen MR) is 96.9 cm³/mol. The molecule has 0 aliphatic heterocycles. The largest absolute Gasteiger partial charge is 0.451 e. The molecule has 1 amide bonds. The van der Waals surface area contributed by atoms with E-state index in [0.717, 1.165) is 30.4 Å². The average molecular weight is 357 g/mol. The van der Waals surface area contributed by atoms with Gasteiger partial charge in [0.05, 0.1) is 5.39 Å². The molecule has 3 rings (SSSR count). The highest BCUT2D eigenvalue weighted by atomic mass is 16.5. The molecule has 0 radical (unpaired) electrons. The lowest BCUT2D eigenvalue weighted by molar-refractivity contribution is -0.125. The van der Waals surface area contributed by atoms with Gasteiger partial charge in [-0.1, -0.05) is 43.9 Å². The van der Waals surface area contributed by atoms with Crippen molar-refractivity contribution in [2.75, 3.05) is 6.61 Å². The number of rotatable bonds is 4. The van der Waals surface area contributed by atoms with Crippen LogP contribution >= 0.6 is 0 Å². The maximum Gasteiger partial charge on any atom is 0.359 e. The molecule has 1 aliphatic carbocycles. The van der Waals surface area contributed by atoms with E-state index in [0.29, 0.717) is 10.8 Å². The Hall–Kier alpha value is -2.70. The van der Waals surface area contributed by atoms with Crippen LogP contribution in [0, 0.1) is 0 Å². The molecule has 0 unspecified atom stereocenters. The molecule has 1 N–H and O–H groups in total. The lowest BCUT2D eigenvalue weighted by Gasteiger charge is -2.16. The Kier molecular flexibility index (Phi) is 5.65. The van der Waals surface area contributed by atoms with Crippen LogP contribution in [0.1, 0.15) is 49.0 Å². The number of hydrogen-bond acceptors (Lipinski definition) is 5. The van der Waals surface area contributed by atoms with Crippen LogP contribution < -0.4 is 10.9 Å². The zero-order valence-corrected chi connectivity index (χ0v) is 14.9.